The van der Waals surface area contributed by atoms with Crippen molar-refractivity contribution in [3.8, 4) is 11.5 Å². The van der Waals surface area contributed by atoms with Gasteiger partial charge in [0.25, 0.3) is 5.91 Å². The molecular weight excluding hydrogens is 324 g/mol. The Hall–Kier alpha value is -2.21. The smallest absolute Gasteiger partial charge is 0.257 e. The van der Waals surface area contributed by atoms with Gasteiger partial charge in [-0.3, -0.25) is 4.79 Å². The van der Waals surface area contributed by atoms with Gasteiger partial charge >= 0.3 is 0 Å². The molecule has 2 rings (SSSR count). The number of phenolic OH excluding ortho intramolecular Hbond substituents is 1. The molecule has 0 heterocycles. The number of amides is 1. The molecule has 0 fully saturated rings. The van der Waals surface area contributed by atoms with E-state index in [1.807, 2.05) is 0 Å². The molecule has 0 aliphatic heterocycles. The van der Waals surface area contributed by atoms with Gasteiger partial charge in [-0.05, 0) is 30.3 Å². The van der Waals surface area contributed by atoms with E-state index in [0.29, 0.717) is 17.0 Å². The maximum absolute atomic E-state index is 12.1. The first kappa shape index (κ1) is 14.2. The monoisotopic (exact) mass is 336 g/mol. The first-order valence-corrected chi connectivity index (χ1v) is 6.54. The lowest BCUT2D eigenvalue weighted by Crippen LogP contribution is -2.14. The molecule has 0 aliphatic rings. The van der Waals surface area contributed by atoms with E-state index in [4.69, 9.17) is 10.5 Å². The first-order chi connectivity index (χ1) is 9.51. The van der Waals surface area contributed by atoms with E-state index in [-0.39, 0.29) is 11.4 Å². The number of nitrogens with two attached hydrogens (primary N) is 1. The SMILES string of the molecule is COc1ccc(O)c(NC(=O)c2ccc(Br)cc2N)c1. The van der Waals surface area contributed by atoms with E-state index in [2.05, 4.69) is 21.2 Å². The van der Waals surface area contributed by atoms with Crippen LogP contribution in [-0.4, -0.2) is 18.1 Å². The number of hydrogen-bond donors (Lipinski definition) is 3. The van der Waals surface area contributed by atoms with Gasteiger partial charge in [-0.2, -0.15) is 0 Å². The maximum atomic E-state index is 12.1. The van der Waals surface area contributed by atoms with Crippen LogP contribution >= 0.6 is 15.9 Å². The van der Waals surface area contributed by atoms with Crippen molar-refractivity contribution in [2.45, 2.75) is 0 Å². The van der Waals surface area contributed by atoms with E-state index < -0.39 is 5.91 Å². The molecule has 0 radical (unpaired) electrons. The zero-order chi connectivity index (χ0) is 14.7. The number of carbonyl (C=O) groups is 1. The minimum Gasteiger partial charge on any atom is -0.506 e. The predicted molar refractivity (Wildman–Crippen MR) is 81.2 cm³/mol. The van der Waals surface area contributed by atoms with Crippen LogP contribution in [-0.2, 0) is 0 Å². The summed E-state index contributed by atoms with van der Waals surface area (Å²) in [6.07, 6.45) is 0. The van der Waals surface area contributed by atoms with Gasteiger partial charge in [0.05, 0.1) is 18.4 Å². The molecule has 0 aliphatic carbocycles. The van der Waals surface area contributed by atoms with Crippen molar-refractivity contribution in [1.29, 1.82) is 0 Å². The van der Waals surface area contributed by atoms with Gasteiger partial charge < -0.3 is 20.9 Å². The molecule has 0 spiro atoms. The Morgan fingerprint density at radius 3 is 2.70 bits per heavy atom. The lowest BCUT2D eigenvalue weighted by Gasteiger charge is -2.10. The number of nitrogen functional groups attached to an aromatic ring is 1. The number of ether oxygens (including phenoxy) is 1. The number of methoxy groups -OCH3 is 1. The predicted octanol–water partition coefficient (Wildman–Crippen LogP) is 3.00. The van der Waals surface area contributed by atoms with E-state index >= 15 is 0 Å². The molecule has 104 valence electrons. The van der Waals surface area contributed by atoms with E-state index in [9.17, 15) is 9.90 Å². The number of nitrogens with one attached hydrogen (secondary N) is 1. The minimum absolute atomic E-state index is 0.0465. The van der Waals surface area contributed by atoms with Crippen LogP contribution in [0.2, 0.25) is 0 Å². The fraction of sp³-hybridized carbons (Fsp3) is 0.0714. The van der Waals surface area contributed by atoms with Crippen molar-refractivity contribution in [2.24, 2.45) is 0 Å². The molecule has 0 saturated heterocycles. The summed E-state index contributed by atoms with van der Waals surface area (Å²) in [5.74, 6) is 0.0789. The van der Waals surface area contributed by atoms with Crippen LogP contribution in [0.25, 0.3) is 0 Å². The molecule has 0 bridgehead atoms. The second-order valence-corrected chi connectivity index (χ2v) is 4.98. The summed E-state index contributed by atoms with van der Waals surface area (Å²) < 4.78 is 5.83. The van der Waals surface area contributed by atoms with Crippen LogP contribution in [0.4, 0.5) is 11.4 Å². The Bertz CT molecular complexity index is 659. The van der Waals surface area contributed by atoms with E-state index in [1.54, 1.807) is 24.3 Å². The molecular formula is C14H13BrN2O3. The van der Waals surface area contributed by atoms with Crippen LogP contribution in [0.15, 0.2) is 40.9 Å². The topological polar surface area (TPSA) is 84.6 Å². The lowest BCUT2D eigenvalue weighted by atomic mass is 10.1. The summed E-state index contributed by atoms with van der Waals surface area (Å²) in [7, 11) is 1.50. The third-order valence-corrected chi connectivity index (χ3v) is 3.20. The highest BCUT2D eigenvalue weighted by Gasteiger charge is 2.12. The molecule has 5 nitrogen and oxygen atoms in total. The van der Waals surface area contributed by atoms with E-state index in [1.165, 1.54) is 19.2 Å². The van der Waals surface area contributed by atoms with Crippen LogP contribution in [0.5, 0.6) is 11.5 Å². The fourth-order valence-corrected chi connectivity index (χ4v) is 2.05. The molecule has 6 heteroatoms. The summed E-state index contributed by atoms with van der Waals surface area (Å²) in [5, 5.41) is 12.3. The molecule has 2 aromatic carbocycles. The van der Waals surface area contributed by atoms with Gasteiger partial charge in [-0.1, -0.05) is 15.9 Å². The molecule has 2 aromatic rings. The molecule has 1 amide bonds. The highest BCUT2D eigenvalue weighted by atomic mass is 79.9. The van der Waals surface area contributed by atoms with Crippen molar-refractivity contribution >= 4 is 33.2 Å². The summed E-state index contributed by atoms with van der Waals surface area (Å²) in [5.41, 5.74) is 6.73. The van der Waals surface area contributed by atoms with Gasteiger partial charge in [0.2, 0.25) is 0 Å². The minimum atomic E-state index is -0.404. The third-order valence-electron chi connectivity index (χ3n) is 2.71. The maximum Gasteiger partial charge on any atom is 0.257 e. The number of anilines is 2. The van der Waals surface area contributed by atoms with Crippen molar-refractivity contribution in [3.63, 3.8) is 0 Å². The summed E-state index contributed by atoms with van der Waals surface area (Å²) in [6, 6.07) is 9.53. The Morgan fingerprint density at radius 2 is 2.05 bits per heavy atom. The average molecular weight is 337 g/mol. The van der Waals surface area contributed by atoms with Gasteiger partial charge in [0.1, 0.15) is 11.5 Å². The number of rotatable bonds is 3. The Labute approximate surface area is 124 Å². The number of carbonyl (C=O) groups excluding carboxylic acids is 1. The van der Waals surface area contributed by atoms with Crippen LogP contribution < -0.4 is 15.8 Å². The first-order valence-electron chi connectivity index (χ1n) is 5.74. The summed E-state index contributed by atoms with van der Waals surface area (Å²) in [4.78, 5) is 12.1. The largest absolute Gasteiger partial charge is 0.506 e. The third kappa shape index (κ3) is 3.03. The molecule has 0 saturated carbocycles. The number of aromatic hydroxyl groups is 1. The van der Waals surface area contributed by atoms with Crippen LogP contribution in [0.1, 0.15) is 10.4 Å². The van der Waals surface area contributed by atoms with Crippen molar-refractivity contribution in [1.82, 2.24) is 0 Å². The average Bonchev–Trinajstić information content (AvgIpc) is 2.41. The van der Waals surface area contributed by atoms with Crippen LogP contribution in [0, 0.1) is 0 Å². The number of hydrogen-bond acceptors (Lipinski definition) is 4. The fourth-order valence-electron chi connectivity index (χ4n) is 1.67. The van der Waals surface area contributed by atoms with Crippen molar-refractivity contribution in [2.75, 3.05) is 18.2 Å². The van der Waals surface area contributed by atoms with Gasteiger partial charge in [-0.25, -0.2) is 0 Å². The van der Waals surface area contributed by atoms with Crippen molar-refractivity contribution < 1.29 is 14.6 Å². The van der Waals surface area contributed by atoms with Gasteiger partial charge in [0.15, 0.2) is 0 Å². The quantitative estimate of drug-likeness (QED) is 0.594. The molecule has 0 atom stereocenters. The zero-order valence-corrected chi connectivity index (χ0v) is 12.3. The molecule has 20 heavy (non-hydrogen) atoms. The Morgan fingerprint density at radius 1 is 1.30 bits per heavy atom. The second-order valence-electron chi connectivity index (χ2n) is 4.07. The van der Waals surface area contributed by atoms with Crippen molar-refractivity contribution in [3.05, 3.63) is 46.4 Å². The van der Waals surface area contributed by atoms with Crippen LogP contribution in [0.3, 0.4) is 0 Å². The summed E-state index contributed by atoms with van der Waals surface area (Å²) >= 11 is 3.27. The zero-order valence-electron chi connectivity index (χ0n) is 10.7. The highest BCUT2D eigenvalue weighted by molar-refractivity contribution is 9.10. The highest BCUT2D eigenvalue weighted by Crippen LogP contribution is 2.29. The normalized spacial score (nSPS) is 10.1. The van der Waals surface area contributed by atoms with Gasteiger partial charge in [-0.15, -0.1) is 0 Å². The lowest BCUT2D eigenvalue weighted by molar-refractivity contribution is 0.102. The molecule has 4 N–H and O–H groups in total. The number of phenols is 1. The van der Waals surface area contributed by atoms with Gasteiger partial charge in [0, 0.05) is 16.2 Å². The standard InChI is InChI=1S/C14H13BrN2O3/c1-20-9-3-5-13(18)12(7-9)17-14(19)10-4-2-8(15)6-11(10)16/h2-7,18H,16H2,1H3,(H,17,19). The second kappa shape index (κ2) is 5.83. The Balaban J connectivity index is 2.27. The summed E-state index contributed by atoms with van der Waals surface area (Å²) in [6.45, 7) is 0. The van der Waals surface area contributed by atoms with E-state index in [0.717, 1.165) is 4.47 Å². The number of benzene rings is 2. The number of halogens is 1. The Kier molecular flexibility index (Phi) is 4.14. The molecule has 0 aromatic heterocycles. The molecule has 0 unspecified atom stereocenters.